The molecule has 1 aromatic heterocycles. The van der Waals surface area contributed by atoms with Crippen molar-refractivity contribution in [3.63, 3.8) is 0 Å². The van der Waals surface area contributed by atoms with Crippen molar-refractivity contribution in [1.29, 1.82) is 0 Å². The van der Waals surface area contributed by atoms with Crippen LogP contribution >= 0.6 is 0 Å². The average Bonchev–Trinajstić information content (AvgIpc) is 3.16. The minimum Gasteiger partial charge on any atom is -0.493 e. The molecule has 0 saturated carbocycles. The maximum atomic E-state index is 12.7. The second-order valence-electron chi connectivity index (χ2n) is 6.22. The fourth-order valence-corrected chi connectivity index (χ4v) is 2.78. The summed E-state index contributed by atoms with van der Waals surface area (Å²) in [5, 5.41) is 6.98. The maximum absolute atomic E-state index is 12.7. The van der Waals surface area contributed by atoms with Crippen molar-refractivity contribution >= 4 is 5.91 Å². The lowest BCUT2D eigenvalue weighted by Gasteiger charge is -2.17. The summed E-state index contributed by atoms with van der Waals surface area (Å²) in [5.41, 5.74) is 3.39. The lowest BCUT2D eigenvalue weighted by molar-refractivity contribution is 0.0788. The number of hydrogen-bond donors (Lipinski definition) is 1. The van der Waals surface area contributed by atoms with Gasteiger partial charge in [0.15, 0.2) is 0 Å². The third-order valence-corrected chi connectivity index (χ3v) is 4.27. The molecule has 0 saturated heterocycles. The first-order valence-corrected chi connectivity index (χ1v) is 8.69. The molecule has 2 aromatic carbocycles. The highest BCUT2D eigenvalue weighted by atomic mass is 16.5. The number of benzene rings is 2. The van der Waals surface area contributed by atoms with Crippen LogP contribution in [0, 0.1) is 6.92 Å². The molecule has 0 aliphatic heterocycles. The SMILES string of the molecule is Cc1ccccc1OCCCN(C)C(=O)c1cn[nH]c1-c1ccccc1. The van der Waals surface area contributed by atoms with E-state index in [4.69, 9.17) is 4.74 Å². The van der Waals surface area contributed by atoms with E-state index in [0.29, 0.717) is 18.7 Å². The zero-order chi connectivity index (χ0) is 18.4. The van der Waals surface area contributed by atoms with Crippen molar-refractivity contribution in [2.45, 2.75) is 13.3 Å². The van der Waals surface area contributed by atoms with Gasteiger partial charge in [0.05, 0.1) is 24.1 Å². The van der Waals surface area contributed by atoms with Gasteiger partial charge in [0, 0.05) is 19.2 Å². The Kier molecular flexibility index (Phi) is 5.69. The smallest absolute Gasteiger partial charge is 0.257 e. The maximum Gasteiger partial charge on any atom is 0.257 e. The number of nitrogens with one attached hydrogen (secondary N) is 1. The molecule has 0 aliphatic rings. The van der Waals surface area contributed by atoms with Gasteiger partial charge in [-0.3, -0.25) is 9.89 Å². The minimum atomic E-state index is -0.0477. The number of aromatic amines is 1. The van der Waals surface area contributed by atoms with Crippen molar-refractivity contribution in [2.75, 3.05) is 20.2 Å². The van der Waals surface area contributed by atoms with E-state index in [0.717, 1.165) is 29.0 Å². The van der Waals surface area contributed by atoms with E-state index in [1.54, 1.807) is 18.1 Å². The molecule has 0 aliphatic carbocycles. The number of carbonyl (C=O) groups is 1. The lowest BCUT2D eigenvalue weighted by Crippen LogP contribution is -2.28. The van der Waals surface area contributed by atoms with Crippen LogP contribution in [0.25, 0.3) is 11.3 Å². The van der Waals surface area contributed by atoms with Gasteiger partial charge in [-0.05, 0) is 25.0 Å². The first kappa shape index (κ1) is 17.7. The Hall–Kier alpha value is -3.08. The van der Waals surface area contributed by atoms with Gasteiger partial charge in [-0.1, -0.05) is 48.5 Å². The third-order valence-electron chi connectivity index (χ3n) is 4.27. The fraction of sp³-hybridized carbons (Fsp3) is 0.238. The molecule has 0 atom stereocenters. The second kappa shape index (κ2) is 8.34. The molecular formula is C21H23N3O2. The summed E-state index contributed by atoms with van der Waals surface area (Å²) in [6.45, 7) is 3.21. The minimum absolute atomic E-state index is 0.0477. The number of hydrogen-bond acceptors (Lipinski definition) is 3. The van der Waals surface area contributed by atoms with Crippen LogP contribution in [-0.4, -0.2) is 41.2 Å². The Labute approximate surface area is 153 Å². The quantitative estimate of drug-likeness (QED) is 0.658. The van der Waals surface area contributed by atoms with Crippen molar-refractivity contribution in [3.05, 3.63) is 71.9 Å². The van der Waals surface area contributed by atoms with E-state index in [1.165, 1.54) is 0 Å². The number of carbonyl (C=O) groups excluding carboxylic acids is 1. The molecule has 0 bridgehead atoms. The van der Waals surface area contributed by atoms with Crippen molar-refractivity contribution in [2.24, 2.45) is 0 Å². The number of H-pyrrole nitrogens is 1. The van der Waals surface area contributed by atoms with E-state index in [9.17, 15) is 4.79 Å². The Balaban J connectivity index is 1.56. The third kappa shape index (κ3) is 4.11. The molecule has 0 fully saturated rings. The Morgan fingerprint density at radius 3 is 2.62 bits per heavy atom. The van der Waals surface area contributed by atoms with Gasteiger partial charge in [-0.2, -0.15) is 5.10 Å². The van der Waals surface area contributed by atoms with Gasteiger partial charge in [0.25, 0.3) is 5.91 Å². The highest BCUT2D eigenvalue weighted by Crippen LogP contribution is 2.22. The molecule has 1 N–H and O–H groups in total. The molecule has 0 spiro atoms. The summed E-state index contributed by atoms with van der Waals surface area (Å²) >= 11 is 0. The number of para-hydroxylation sites is 1. The molecule has 5 nitrogen and oxygen atoms in total. The van der Waals surface area contributed by atoms with Gasteiger partial charge in [-0.15, -0.1) is 0 Å². The van der Waals surface area contributed by atoms with E-state index in [2.05, 4.69) is 10.2 Å². The summed E-state index contributed by atoms with van der Waals surface area (Å²) < 4.78 is 5.79. The zero-order valence-corrected chi connectivity index (χ0v) is 15.1. The number of aromatic nitrogens is 2. The Bertz CT molecular complexity index is 858. The summed E-state index contributed by atoms with van der Waals surface area (Å²) in [6, 6.07) is 17.7. The standard InChI is InChI=1S/C21H23N3O2/c1-16-9-6-7-12-19(16)26-14-8-13-24(2)21(25)18-15-22-23-20(18)17-10-4-3-5-11-17/h3-7,9-12,15H,8,13-14H2,1-2H3,(H,22,23). The van der Waals surface area contributed by atoms with Gasteiger partial charge >= 0.3 is 0 Å². The first-order valence-electron chi connectivity index (χ1n) is 8.69. The summed E-state index contributed by atoms with van der Waals surface area (Å²) in [4.78, 5) is 14.5. The predicted molar refractivity (Wildman–Crippen MR) is 102 cm³/mol. The number of rotatable bonds is 7. The molecule has 1 heterocycles. The van der Waals surface area contributed by atoms with E-state index >= 15 is 0 Å². The Morgan fingerprint density at radius 1 is 1.12 bits per heavy atom. The van der Waals surface area contributed by atoms with Crippen LogP contribution in [0.15, 0.2) is 60.8 Å². The molecule has 3 aromatic rings. The van der Waals surface area contributed by atoms with Gasteiger partial charge in [0.1, 0.15) is 5.75 Å². The van der Waals surface area contributed by atoms with Gasteiger partial charge in [-0.25, -0.2) is 0 Å². The van der Waals surface area contributed by atoms with Crippen LogP contribution < -0.4 is 4.74 Å². The summed E-state index contributed by atoms with van der Waals surface area (Å²) in [5.74, 6) is 0.844. The lowest BCUT2D eigenvalue weighted by atomic mass is 10.1. The zero-order valence-electron chi connectivity index (χ0n) is 15.1. The summed E-state index contributed by atoms with van der Waals surface area (Å²) in [7, 11) is 1.80. The highest BCUT2D eigenvalue weighted by Gasteiger charge is 2.18. The largest absolute Gasteiger partial charge is 0.493 e. The average molecular weight is 349 g/mol. The van der Waals surface area contributed by atoms with E-state index in [-0.39, 0.29) is 5.91 Å². The van der Waals surface area contributed by atoms with Crippen molar-refractivity contribution in [1.82, 2.24) is 15.1 Å². The van der Waals surface area contributed by atoms with Gasteiger partial charge < -0.3 is 9.64 Å². The van der Waals surface area contributed by atoms with Crippen LogP contribution in [0.1, 0.15) is 22.3 Å². The number of aryl methyl sites for hydroxylation is 1. The van der Waals surface area contributed by atoms with Crippen LogP contribution in [0.5, 0.6) is 5.75 Å². The van der Waals surface area contributed by atoms with E-state index < -0.39 is 0 Å². The number of nitrogens with zero attached hydrogens (tertiary/aromatic N) is 2. The summed E-state index contributed by atoms with van der Waals surface area (Å²) in [6.07, 6.45) is 2.35. The van der Waals surface area contributed by atoms with Crippen molar-refractivity contribution in [3.8, 4) is 17.0 Å². The second-order valence-corrected chi connectivity index (χ2v) is 6.22. The van der Waals surface area contributed by atoms with Crippen molar-refractivity contribution < 1.29 is 9.53 Å². The normalized spacial score (nSPS) is 10.5. The van der Waals surface area contributed by atoms with Gasteiger partial charge in [0.2, 0.25) is 0 Å². The molecule has 26 heavy (non-hydrogen) atoms. The topological polar surface area (TPSA) is 58.2 Å². The van der Waals surface area contributed by atoms with Crippen LogP contribution in [0.3, 0.4) is 0 Å². The Morgan fingerprint density at radius 2 is 1.85 bits per heavy atom. The first-order chi connectivity index (χ1) is 12.7. The molecule has 0 radical (unpaired) electrons. The molecular weight excluding hydrogens is 326 g/mol. The molecule has 1 amide bonds. The predicted octanol–water partition coefficient (Wildman–Crippen LogP) is 3.93. The monoisotopic (exact) mass is 349 g/mol. The highest BCUT2D eigenvalue weighted by molar-refractivity contribution is 5.99. The van der Waals surface area contributed by atoms with E-state index in [1.807, 2.05) is 61.5 Å². The molecule has 3 rings (SSSR count). The van der Waals surface area contributed by atoms with Crippen LogP contribution in [0.2, 0.25) is 0 Å². The van der Waals surface area contributed by atoms with Crippen LogP contribution in [-0.2, 0) is 0 Å². The molecule has 5 heteroatoms. The number of amides is 1. The van der Waals surface area contributed by atoms with Crippen LogP contribution in [0.4, 0.5) is 0 Å². The molecule has 134 valence electrons. The number of ether oxygens (including phenoxy) is 1. The fourth-order valence-electron chi connectivity index (χ4n) is 2.78. The molecule has 0 unspecified atom stereocenters.